The minimum absolute atomic E-state index is 0.0788. The maximum Gasteiger partial charge on any atom is 0.573 e. The molecule has 0 atom stereocenters. The van der Waals surface area contributed by atoms with E-state index < -0.39 is 36.0 Å². The number of alkyl halides is 3. The number of halogens is 3. The molecule has 2 amide bonds. The van der Waals surface area contributed by atoms with Gasteiger partial charge in [0.05, 0.1) is 0 Å². The van der Waals surface area contributed by atoms with Crippen LogP contribution in [0, 0.1) is 0 Å². The topological polar surface area (TPSA) is 102 Å². The molecular formula is C20H15F3N4O4. The van der Waals surface area contributed by atoms with E-state index in [1.165, 1.54) is 18.2 Å². The van der Waals surface area contributed by atoms with Gasteiger partial charge in [-0.2, -0.15) is 5.10 Å². The van der Waals surface area contributed by atoms with Crippen molar-refractivity contribution in [1.29, 1.82) is 0 Å². The fourth-order valence-corrected chi connectivity index (χ4v) is 2.48. The molecule has 0 fully saturated rings. The Hall–Kier alpha value is -4.15. The Kier molecular flexibility index (Phi) is 6.34. The maximum absolute atomic E-state index is 12.3. The fourth-order valence-electron chi connectivity index (χ4n) is 2.48. The lowest BCUT2D eigenvalue weighted by Gasteiger charge is -2.10. The molecule has 0 bridgehead atoms. The van der Waals surface area contributed by atoms with E-state index in [0.29, 0.717) is 5.69 Å². The van der Waals surface area contributed by atoms with E-state index in [-0.39, 0.29) is 11.4 Å². The van der Waals surface area contributed by atoms with Crippen LogP contribution in [0.25, 0.3) is 0 Å². The normalized spacial score (nSPS) is 10.9. The van der Waals surface area contributed by atoms with Gasteiger partial charge in [-0.25, -0.2) is 4.68 Å². The highest BCUT2D eigenvalue weighted by Crippen LogP contribution is 2.23. The molecule has 11 heteroatoms. The second-order valence-electron chi connectivity index (χ2n) is 6.15. The van der Waals surface area contributed by atoms with Gasteiger partial charge in [0.25, 0.3) is 11.5 Å². The molecule has 160 valence electrons. The molecule has 0 aliphatic rings. The average Bonchev–Trinajstić information content (AvgIpc) is 2.71. The van der Waals surface area contributed by atoms with Crippen LogP contribution < -0.4 is 20.9 Å². The molecule has 3 rings (SSSR count). The number of nitrogens with one attached hydrogen (secondary N) is 2. The largest absolute Gasteiger partial charge is 0.573 e. The maximum atomic E-state index is 12.3. The first-order chi connectivity index (χ1) is 14.7. The van der Waals surface area contributed by atoms with E-state index in [0.717, 1.165) is 22.9 Å². The highest BCUT2D eigenvalue weighted by Gasteiger charge is 2.30. The number of hydrogen-bond donors (Lipinski definition) is 2. The van der Waals surface area contributed by atoms with E-state index in [4.69, 9.17) is 0 Å². The number of para-hydroxylation sites is 1. The monoisotopic (exact) mass is 432 g/mol. The first-order valence-corrected chi connectivity index (χ1v) is 8.80. The van der Waals surface area contributed by atoms with Crippen LogP contribution in [0.5, 0.6) is 5.75 Å². The quantitative estimate of drug-likeness (QED) is 0.624. The van der Waals surface area contributed by atoms with Gasteiger partial charge in [-0.05, 0) is 42.5 Å². The van der Waals surface area contributed by atoms with Gasteiger partial charge in [0.15, 0.2) is 0 Å². The number of carbonyl (C=O) groups is 2. The Labute approximate surface area is 173 Å². The van der Waals surface area contributed by atoms with Gasteiger partial charge in [0.2, 0.25) is 5.91 Å². The molecule has 31 heavy (non-hydrogen) atoms. The van der Waals surface area contributed by atoms with Crippen LogP contribution in [0.4, 0.5) is 24.5 Å². The van der Waals surface area contributed by atoms with Gasteiger partial charge in [0.1, 0.15) is 18.0 Å². The second kappa shape index (κ2) is 9.11. The van der Waals surface area contributed by atoms with Crippen LogP contribution in [0.3, 0.4) is 0 Å². The van der Waals surface area contributed by atoms with Crippen LogP contribution in [0.2, 0.25) is 0 Å². The highest BCUT2D eigenvalue weighted by molar-refractivity contribution is 6.02. The van der Waals surface area contributed by atoms with Crippen molar-refractivity contribution >= 4 is 23.2 Å². The van der Waals surface area contributed by atoms with Gasteiger partial charge >= 0.3 is 6.36 Å². The van der Waals surface area contributed by atoms with E-state index in [9.17, 15) is 27.6 Å². The summed E-state index contributed by atoms with van der Waals surface area (Å²) < 4.78 is 41.1. The van der Waals surface area contributed by atoms with Gasteiger partial charge < -0.3 is 15.4 Å². The summed E-state index contributed by atoms with van der Waals surface area (Å²) in [5, 5.41) is 8.92. The van der Waals surface area contributed by atoms with Crippen LogP contribution in [0.15, 0.2) is 71.5 Å². The molecule has 0 saturated heterocycles. The summed E-state index contributed by atoms with van der Waals surface area (Å²) in [4.78, 5) is 36.5. The number of anilines is 2. The minimum atomic E-state index is -4.82. The summed E-state index contributed by atoms with van der Waals surface area (Å²) in [6.07, 6.45) is -4.82. The second-order valence-corrected chi connectivity index (χ2v) is 6.15. The summed E-state index contributed by atoms with van der Waals surface area (Å²) >= 11 is 0. The van der Waals surface area contributed by atoms with Crippen LogP contribution >= 0.6 is 0 Å². The van der Waals surface area contributed by atoms with E-state index in [2.05, 4.69) is 20.5 Å². The molecule has 1 heterocycles. The lowest BCUT2D eigenvalue weighted by molar-refractivity contribution is -0.274. The van der Waals surface area contributed by atoms with Crippen molar-refractivity contribution in [1.82, 2.24) is 9.78 Å². The first kappa shape index (κ1) is 21.6. The van der Waals surface area contributed by atoms with Gasteiger partial charge in [-0.1, -0.05) is 18.2 Å². The predicted molar refractivity (Wildman–Crippen MR) is 105 cm³/mol. The first-order valence-electron chi connectivity index (χ1n) is 8.80. The summed E-state index contributed by atoms with van der Waals surface area (Å²) in [6.45, 7) is -0.508. The molecule has 0 aliphatic heterocycles. The number of aromatic nitrogens is 2. The smallest absolute Gasteiger partial charge is 0.406 e. The highest BCUT2D eigenvalue weighted by atomic mass is 19.4. The molecule has 0 saturated carbocycles. The fraction of sp³-hybridized carbons (Fsp3) is 0.100. The Bertz CT molecular complexity index is 1130. The Morgan fingerprint density at radius 3 is 2.19 bits per heavy atom. The third kappa shape index (κ3) is 6.42. The zero-order valence-electron chi connectivity index (χ0n) is 15.7. The number of hydrogen-bond acceptors (Lipinski definition) is 5. The third-order valence-corrected chi connectivity index (χ3v) is 3.80. The Morgan fingerprint density at radius 2 is 1.55 bits per heavy atom. The van der Waals surface area contributed by atoms with E-state index in [1.807, 2.05) is 0 Å². The number of ether oxygens (including phenoxy) is 1. The lowest BCUT2D eigenvalue weighted by atomic mass is 10.3. The standard InChI is InChI=1S/C20H15F3N4O4/c21-20(22,23)31-15-8-6-14(7-9-15)24-17(28)12-27-18(29)11-10-16(26-27)19(30)25-13-4-2-1-3-5-13/h1-11H,12H2,(H,24,28)(H,25,30). The summed E-state index contributed by atoms with van der Waals surface area (Å²) in [7, 11) is 0. The zero-order chi connectivity index (χ0) is 22.4. The summed E-state index contributed by atoms with van der Waals surface area (Å²) in [5.41, 5.74) is 0.0264. The molecule has 8 nitrogen and oxygen atoms in total. The summed E-state index contributed by atoms with van der Waals surface area (Å²) in [5.74, 6) is -1.68. The van der Waals surface area contributed by atoms with Crippen LogP contribution in [-0.4, -0.2) is 28.0 Å². The van der Waals surface area contributed by atoms with Crippen molar-refractivity contribution in [2.45, 2.75) is 12.9 Å². The molecule has 1 aromatic heterocycles. The number of rotatable bonds is 6. The minimum Gasteiger partial charge on any atom is -0.406 e. The number of benzene rings is 2. The van der Waals surface area contributed by atoms with Crippen LogP contribution in [-0.2, 0) is 11.3 Å². The molecule has 3 aromatic rings. The van der Waals surface area contributed by atoms with Crippen molar-refractivity contribution < 1.29 is 27.5 Å². The van der Waals surface area contributed by atoms with Gasteiger partial charge in [-0.3, -0.25) is 14.4 Å². The van der Waals surface area contributed by atoms with Crippen molar-refractivity contribution in [2.24, 2.45) is 0 Å². The molecule has 0 unspecified atom stereocenters. The van der Waals surface area contributed by atoms with Gasteiger partial charge in [0, 0.05) is 17.4 Å². The predicted octanol–water partition coefficient (Wildman–Crippen LogP) is 3.03. The zero-order valence-corrected chi connectivity index (χ0v) is 15.7. The number of nitrogens with zero attached hydrogens (tertiary/aromatic N) is 2. The van der Waals surface area contributed by atoms with E-state index >= 15 is 0 Å². The van der Waals surface area contributed by atoms with Crippen LogP contribution in [0.1, 0.15) is 10.5 Å². The third-order valence-electron chi connectivity index (χ3n) is 3.80. The Morgan fingerprint density at radius 1 is 0.903 bits per heavy atom. The van der Waals surface area contributed by atoms with Crippen molar-refractivity contribution in [2.75, 3.05) is 10.6 Å². The Balaban J connectivity index is 1.65. The SMILES string of the molecule is O=C(Cn1nc(C(=O)Nc2ccccc2)ccc1=O)Nc1ccc(OC(F)(F)F)cc1. The van der Waals surface area contributed by atoms with Gasteiger partial charge in [-0.15, -0.1) is 13.2 Å². The summed E-state index contributed by atoms with van der Waals surface area (Å²) in [6, 6.07) is 15.4. The average molecular weight is 432 g/mol. The number of amides is 2. The molecular weight excluding hydrogens is 417 g/mol. The van der Waals surface area contributed by atoms with Crippen molar-refractivity contribution in [3.63, 3.8) is 0 Å². The molecule has 0 spiro atoms. The van der Waals surface area contributed by atoms with Crippen molar-refractivity contribution in [3.8, 4) is 5.75 Å². The molecule has 0 aliphatic carbocycles. The van der Waals surface area contributed by atoms with Crippen molar-refractivity contribution in [3.05, 3.63) is 82.8 Å². The lowest BCUT2D eigenvalue weighted by Crippen LogP contribution is -2.31. The molecule has 2 N–H and O–H groups in total. The molecule has 2 aromatic carbocycles. The van der Waals surface area contributed by atoms with E-state index in [1.54, 1.807) is 30.3 Å². The number of carbonyl (C=O) groups excluding carboxylic acids is 2. The molecule has 0 radical (unpaired) electrons.